The van der Waals surface area contributed by atoms with Crippen molar-refractivity contribution in [1.29, 1.82) is 0 Å². The van der Waals surface area contributed by atoms with Crippen molar-refractivity contribution in [2.75, 3.05) is 13.7 Å². The summed E-state index contributed by atoms with van der Waals surface area (Å²) in [6.45, 7) is 2.68. The third-order valence-corrected chi connectivity index (χ3v) is 2.07. The maximum Gasteiger partial charge on any atom is 0.221 e. The van der Waals surface area contributed by atoms with Gasteiger partial charge in [0.2, 0.25) is 5.91 Å². The third kappa shape index (κ3) is 3.46. The van der Waals surface area contributed by atoms with Crippen LogP contribution in [0.5, 0.6) is 11.5 Å². The van der Waals surface area contributed by atoms with Crippen molar-refractivity contribution in [2.24, 2.45) is 5.73 Å². The number of nitrogens with two attached hydrogens (primary N) is 1. The first-order valence-corrected chi connectivity index (χ1v) is 5.25. The molecule has 0 spiro atoms. The van der Waals surface area contributed by atoms with Crippen molar-refractivity contribution in [1.82, 2.24) is 0 Å². The Kier molecular flexibility index (Phi) is 4.64. The molecule has 1 rings (SSSR count). The van der Waals surface area contributed by atoms with E-state index in [9.17, 15) is 4.79 Å². The van der Waals surface area contributed by atoms with E-state index in [-0.39, 0.29) is 12.3 Å². The van der Waals surface area contributed by atoms with Crippen LogP contribution < -0.4 is 15.2 Å². The van der Waals surface area contributed by atoms with E-state index in [1.165, 1.54) is 0 Å². The third-order valence-electron chi connectivity index (χ3n) is 2.07. The summed E-state index contributed by atoms with van der Waals surface area (Å²) < 4.78 is 10.7. The number of rotatable bonds is 6. The molecule has 0 bridgehead atoms. The van der Waals surface area contributed by atoms with Gasteiger partial charge >= 0.3 is 0 Å². The summed E-state index contributed by atoms with van der Waals surface area (Å²) in [4.78, 5) is 10.8. The van der Waals surface area contributed by atoms with E-state index in [2.05, 4.69) is 0 Å². The molecule has 1 aromatic carbocycles. The van der Waals surface area contributed by atoms with Crippen LogP contribution in [-0.2, 0) is 11.2 Å². The first kappa shape index (κ1) is 12.4. The van der Waals surface area contributed by atoms with Crippen LogP contribution in [0.25, 0.3) is 0 Å². The summed E-state index contributed by atoms with van der Waals surface area (Å²) >= 11 is 0. The molecule has 0 radical (unpaired) electrons. The lowest BCUT2D eigenvalue weighted by Gasteiger charge is -2.11. The van der Waals surface area contributed by atoms with E-state index in [0.717, 1.165) is 12.0 Å². The van der Waals surface area contributed by atoms with Gasteiger partial charge in [-0.2, -0.15) is 0 Å². The van der Waals surface area contributed by atoms with Crippen LogP contribution in [0.1, 0.15) is 18.9 Å². The Balaban J connectivity index is 2.83. The fourth-order valence-corrected chi connectivity index (χ4v) is 1.35. The van der Waals surface area contributed by atoms with Crippen LogP contribution in [0, 0.1) is 0 Å². The van der Waals surface area contributed by atoms with Gasteiger partial charge in [0.15, 0.2) is 11.5 Å². The molecule has 1 amide bonds. The Morgan fingerprint density at radius 3 is 2.69 bits per heavy atom. The van der Waals surface area contributed by atoms with Gasteiger partial charge in [0.1, 0.15) is 0 Å². The Labute approximate surface area is 95.3 Å². The number of carbonyl (C=O) groups excluding carboxylic acids is 1. The fourth-order valence-electron chi connectivity index (χ4n) is 1.35. The highest BCUT2D eigenvalue weighted by Crippen LogP contribution is 2.28. The van der Waals surface area contributed by atoms with Gasteiger partial charge in [0, 0.05) is 0 Å². The molecule has 2 N–H and O–H groups in total. The number of methoxy groups -OCH3 is 1. The molecular formula is C12H17NO3. The van der Waals surface area contributed by atoms with Gasteiger partial charge in [-0.05, 0) is 24.1 Å². The van der Waals surface area contributed by atoms with Crippen LogP contribution in [0.4, 0.5) is 0 Å². The molecular weight excluding hydrogens is 206 g/mol. The summed E-state index contributed by atoms with van der Waals surface area (Å²) in [6, 6.07) is 5.39. The van der Waals surface area contributed by atoms with Crippen molar-refractivity contribution < 1.29 is 14.3 Å². The average Bonchev–Trinajstić information content (AvgIpc) is 2.26. The first-order valence-electron chi connectivity index (χ1n) is 5.25. The van der Waals surface area contributed by atoms with Gasteiger partial charge in [0.25, 0.3) is 0 Å². The van der Waals surface area contributed by atoms with Gasteiger partial charge in [-0.15, -0.1) is 0 Å². The normalized spacial score (nSPS) is 9.88. The van der Waals surface area contributed by atoms with Crippen molar-refractivity contribution in [3.63, 3.8) is 0 Å². The van der Waals surface area contributed by atoms with Crippen LogP contribution in [0.15, 0.2) is 18.2 Å². The molecule has 88 valence electrons. The van der Waals surface area contributed by atoms with Crippen LogP contribution in [0.2, 0.25) is 0 Å². The minimum atomic E-state index is -0.357. The molecule has 0 aliphatic carbocycles. The number of amides is 1. The lowest BCUT2D eigenvalue weighted by molar-refractivity contribution is -0.117. The number of primary amides is 1. The van der Waals surface area contributed by atoms with Crippen molar-refractivity contribution in [3.05, 3.63) is 23.8 Å². The summed E-state index contributed by atoms with van der Waals surface area (Å²) in [6.07, 6.45) is 1.15. The smallest absolute Gasteiger partial charge is 0.221 e. The molecule has 4 heteroatoms. The van der Waals surface area contributed by atoms with E-state index in [1.807, 2.05) is 13.0 Å². The molecule has 0 saturated heterocycles. The molecule has 0 saturated carbocycles. The maximum absolute atomic E-state index is 10.8. The number of hydrogen-bond donors (Lipinski definition) is 1. The lowest BCUT2D eigenvalue weighted by Crippen LogP contribution is -2.13. The van der Waals surface area contributed by atoms with E-state index >= 15 is 0 Å². The zero-order valence-corrected chi connectivity index (χ0v) is 9.66. The number of hydrogen-bond acceptors (Lipinski definition) is 3. The average molecular weight is 223 g/mol. The molecule has 0 aliphatic rings. The second-order valence-electron chi connectivity index (χ2n) is 3.48. The second-order valence-corrected chi connectivity index (χ2v) is 3.48. The minimum absolute atomic E-state index is 0.213. The predicted octanol–water partition coefficient (Wildman–Crippen LogP) is 1.51. The monoisotopic (exact) mass is 223 g/mol. The molecule has 1 aromatic rings. The minimum Gasteiger partial charge on any atom is -0.493 e. The second kappa shape index (κ2) is 6.00. The van der Waals surface area contributed by atoms with Gasteiger partial charge in [-0.3, -0.25) is 4.79 Å². The Hall–Kier alpha value is -1.71. The highest BCUT2D eigenvalue weighted by molar-refractivity contribution is 5.76. The molecule has 0 heterocycles. The molecule has 4 nitrogen and oxygen atoms in total. The van der Waals surface area contributed by atoms with E-state index in [0.29, 0.717) is 18.1 Å². The molecule has 16 heavy (non-hydrogen) atoms. The molecule has 0 aliphatic heterocycles. The fraction of sp³-hybridized carbons (Fsp3) is 0.417. The predicted molar refractivity (Wildman–Crippen MR) is 61.7 cm³/mol. The highest BCUT2D eigenvalue weighted by atomic mass is 16.5. The summed E-state index contributed by atoms with van der Waals surface area (Å²) in [7, 11) is 1.57. The standard InChI is InChI=1S/C12H17NO3/c1-3-6-16-10-5-4-9(8-12(13)14)7-11(10)15-2/h4-5,7H,3,6,8H2,1-2H3,(H2,13,14). The van der Waals surface area contributed by atoms with E-state index in [4.69, 9.17) is 15.2 Å². The summed E-state index contributed by atoms with van der Waals surface area (Å²) in [5.41, 5.74) is 5.95. The number of benzene rings is 1. The van der Waals surface area contributed by atoms with Gasteiger partial charge in [-0.1, -0.05) is 13.0 Å². The largest absolute Gasteiger partial charge is 0.493 e. The van der Waals surface area contributed by atoms with Gasteiger partial charge in [0.05, 0.1) is 20.1 Å². The SMILES string of the molecule is CCCOc1ccc(CC(N)=O)cc1OC. The summed E-state index contributed by atoms with van der Waals surface area (Å²) in [5.74, 6) is 0.967. The van der Waals surface area contributed by atoms with E-state index < -0.39 is 0 Å². The van der Waals surface area contributed by atoms with Gasteiger partial charge < -0.3 is 15.2 Å². The molecule has 0 fully saturated rings. The number of carbonyl (C=O) groups is 1. The first-order chi connectivity index (χ1) is 7.67. The molecule has 0 aromatic heterocycles. The zero-order valence-electron chi connectivity index (χ0n) is 9.66. The summed E-state index contributed by atoms with van der Waals surface area (Å²) in [5, 5.41) is 0. The Bertz CT molecular complexity index is 363. The quantitative estimate of drug-likeness (QED) is 0.795. The van der Waals surface area contributed by atoms with Crippen LogP contribution in [0.3, 0.4) is 0 Å². The van der Waals surface area contributed by atoms with Crippen molar-refractivity contribution >= 4 is 5.91 Å². The van der Waals surface area contributed by atoms with Crippen LogP contribution in [-0.4, -0.2) is 19.6 Å². The van der Waals surface area contributed by atoms with Crippen LogP contribution >= 0.6 is 0 Å². The number of ether oxygens (including phenoxy) is 2. The van der Waals surface area contributed by atoms with E-state index in [1.54, 1.807) is 19.2 Å². The van der Waals surface area contributed by atoms with Gasteiger partial charge in [-0.25, -0.2) is 0 Å². The highest BCUT2D eigenvalue weighted by Gasteiger charge is 2.06. The van der Waals surface area contributed by atoms with Crippen molar-refractivity contribution in [3.8, 4) is 11.5 Å². The molecule has 0 unspecified atom stereocenters. The zero-order chi connectivity index (χ0) is 12.0. The Morgan fingerprint density at radius 2 is 2.12 bits per heavy atom. The lowest BCUT2D eigenvalue weighted by atomic mass is 10.1. The molecule has 0 atom stereocenters. The maximum atomic E-state index is 10.8. The topological polar surface area (TPSA) is 61.5 Å². The Morgan fingerprint density at radius 1 is 1.38 bits per heavy atom. The van der Waals surface area contributed by atoms with Crippen molar-refractivity contribution in [2.45, 2.75) is 19.8 Å².